The molecule has 1 aliphatic heterocycles. The monoisotopic (exact) mass is 417 g/mol. The van der Waals surface area contributed by atoms with Gasteiger partial charge in [-0.1, -0.05) is 18.2 Å². The molecule has 1 fully saturated rings. The number of nitrogens with zero attached hydrogens (tertiary/aromatic N) is 2. The highest BCUT2D eigenvalue weighted by molar-refractivity contribution is 7.91. The number of aromatic nitrogens is 2. The number of nitrogens with one attached hydrogen (secondary N) is 1. The Morgan fingerprint density at radius 1 is 1.24 bits per heavy atom. The van der Waals surface area contributed by atoms with Crippen molar-refractivity contribution < 1.29 is 22.7 Å². The molecule has 1 aromatic carbocycles. The smallest absolute Gasteiger partial charge is 0.359 e. The first kappa shape index (κ1) is 19.6. The summed E-state index contributed by atoms with van der Waals surface area (Å²) >= 11 is 0. The van der Waals surface area contributed by atoms with Crippen molar-refractivity contribution in [2.45, 2.75) is 44.8 Å². The van der Waals surface area contributed by atoms with Crippen molar-refractivity contribution in [3.63, 3.8) is 0 Å². The first-order chi connectivity index (χ1) is 13.8. The Kier molecular flexibility index (Phi) is 5.16. The molecular weight excluding hydrogens is 394 g/mol. The molecule has 8 nitrogen and oxygen atoms in total. The first-order valence-electron chi connectivity index (χ1n) is 9.72. The third kappa shape index (κ3) is 4.05. The summed E-state index contributed by atoms with van der Waals surface area (Å²) in [5.74, 6) is -1.15. The van der Waals surface area contributed by atoms with Crippen LogP contribution in [0, 0.1) is 0 Å². The standard InChI is InChI=1S/C20H23N3O5S/c1-13(19(24)21-14-10-11-29(26,27)12-14)28-20(25)18-16-8-5-9-17(16)23(22-18)15-6-3-2-4-7-15/h2-4,6-7,13-14H,5,8-12H2,1H3,(H,21,24)/t13-,14-/m0/s1. The van der Waals surface area contributed by atoms with E-state index in [0.29, 0.717) is 6.42 Å². The number of benzene rings is 1. The van der Waals surface area contributed by atoms with Crippen LogP contribution in [-0.4, -0.2) is 53.7 Å². The quantitative estimate of drug-likeness (QED) is 0.733. The van der Waals surface area contributed by atoms with Crippen LogP contribution in [0.25, 0.3) is 5.69 Å². The number of fused-ring (bicyclic) bond motifs is 1. The topological polar surface area (TPSA) is 107 Å². The van der Waals surface area contributed by atoms with Gasteiger partial charge in [0.05, 0.1) is 17.2 Å². The molecule has 1 saturated heterocycles. The van der Waals surface area contributed by atoms with E-state index in [1.807, 2.05) is 30.3 Å². The Morgan fingerprint density at radius 3 is 2.69 bits per heavy atom. The SMILES string of the molecule is C[C@H](OC(=O)c1nn(-c2ccccc2)c2c1CCC2)C(=O)N[C@H]1CCS(=O)(=O)C1. The Hall–Kier alpha value is -2.68. The number of para-hydroxylation sites is 1. The normalized spacial score (nSPS) is 20.8. The molecule has 0 radical (unpaired) electrons. The van der Waals surface area contributed by atoms with Gasteiger partial charge in [-0.25, -0.2) is 17.9 Å². The summed E-state index contributed by atoms with van der Waals surface area (Å²) in [5, 5.41) is 7.12. The molecule has 9 heteroatoms. The molecule has 0 spiro atoms. The highest BCUT2D eigenvalue weighted by atomic mass is 32.2. The van der Waals surface area contributed by atoms with E-state index in [1.165, 1.54) is 6.92 Å². The lowest BCUT2D eigenvalue weighted by atomic mass is 10.2. The Labute approximate surface area is 169 Å². The minimum Gasteiger partial charge on any atom is -0.448 e. The first-order valence-corrected chi connectivity index (χ1v) is 11.5. The molecule has 0 bridgehead atoms. The third-order valence-electron chi connectivity index (χ3n) is 5.36. The molecule has 4 rings (SSSR count). The molecule has 0 saturated carbocycles. The Balaban J connectivity index is 1.47. The van der Waals surface area contributed by atoms with Crippen LogP contribution in [0.15, 0.2) is 30.3 Å². The van der Waals surface area contributed by atoms with Gasteiger partial charge >= 0.3 is 5.97 Å². The van der Waals surface area contributed by atoms with Crippen molar-refractivity contribution >= 4 is 21.7 Å². The second-order valence-electron chi connectivity index (χ2n) is 7.53. The lowest BCUT2D eigenvalue weighted by molar-refractivity contribution is -0.129. The van der Waals surface area contributed by atoms with Gasteiger partial charge in [0.2, 0.25) is 0 Å². The molecule has 29 heavy (non-hydrogen) atoms. The fourth-order valence-corrected chi connectivity index (χ4v) is 5.55. The summed E-state index contributed by atoms with van der Waals surface area (Å²) in [6.07, 6.45) is 1.85. The van der Waals surface area contributed by atoms with Crippen LogP contribution in [-0.2, 0) is 32.2 Å². The Bertz CT molecular complexity index is 1050. The Morgan fingerprint density at radius 2 is 2.00 bits per heavy atom. The largest absolute Gasteiger partial charge is 0.448 e. The minimum absolute atomic E-state index is 0.0647. The van der Waals surface area contributed by atoms with Crippen LogP contribution in [0.3, 0.4) is 0 Å². The van der Waals surface area contributed by atoms with Gasteiger partial charge in [0.1, 0.15) is 0 Å². The zero-order chi connectivity index (χ0) is 20.6. The summed E-state index contributed by atoms with van der Waals surface area (Å²) < 4.78 is 30.2. The summed E-state index contributed by atoms with van der Waals surface area (Å²) in [5.41, 5.74) is 2.98. The van der Waals surface area contributed by atoms with Crippen molar-refractivity contribution in [1.29, 1.82) is 0 Å². The maximum Gasteiger partial charge on any atom is 0.359 e. The summed E-state index contributed by atoms with van der Waals surface area (Å²) in [6, 6.07) is 9.14. The number of amides is 1. The molecule has 2 aliphatic rings. The van der Waals surface area contributed by atoms with Crippen LogP contribution >= 0.6 is 0 Å². The van der Waals surface area contributed by atoms with Crippen LogP contribution in [0.4, 0.5) is 0 Å². The van der Waals surface area contributed by atoms with E-state index in [1.54, 1.807) is 4.68 Å². The number of hydrogen-bond acceptors (Lipinski definition) is 6. The van der Waals surface area contributed by atoms with Crippen LogP contribution in [0.5, 0.6) is 0 Å². The lowest BCUT2D eigenvalue weighted by Crippen LogP contribution is -2.42. The van der Waals surface area contributed by atoms with Gasteiger partial charge in [0.15, 0.2) is 21.6 Å². The van der Waals surface area contributed by atoms with Crippen LogP contribution < -0.4 is 5.32 Å². The summed E-state index contributed by atoms with van der Waals surface area (Å²) in [4.78, 5) is 25.1. The van der Waals surface area contributed by atoms with Gasteiger partial charge in [-0.15, -0.1) is 0 Å². The van der Waals surface area contributed by atoms with E-state index in [9.17, 15) is 18.0 Å². The van der Waals surface area contributed by atoms with Crippen molar-refractivity contribution in [3.8, 4) is 5.69 Å². The molecule has 2 atom stereocenters. The number of hydrogen-bond donors (Lipinski definition) is 1. The van der Waals surface area contributed by atoms with E-state index >= 15 is 0 Å². The van der Waals surface area contributed by atoms with Crippen molar-refractivity contribution in [2.24, 2.45) is 0 Å². The zero-order valence-corrected chi connectivity index (χ0v) is 16.9. The zero-order valence-electron chi connectivity index (χ0n) is 16.1. The van der Waals surface area contributed by atoms with Gasteiger partial charge in [0, 0.05) is 17.3 Å². The highest BCUT2D eigenvalue weighted by Gasteiger charge is 2.32. The number of ether oxygens (including phenoxy) is 1. The maximum atomic E-state index is 12.7. The van der Waals surface area contributed by atoms with E-state index in [-0.39, 0.29) is 17.2 Å². The number of carbonyl (C=O) groups is 2. The number of sulfone groups is 1. The van der Waals surface area contributed by atoms with Crippen LogP contribution in [0.2, 0.25) is 0 Å². The highest BCUT2D eigenvalue weighted by Crippen LogP contribution is 2.28. The summed E-state index contributed by atoms with van der Waals surface area (Å²) in [6.45, 7) is 1.48. The number of carbonyl (C=O) groups excluding carboxylic acids is 2. The fraction of sp³-hybridized carbons (Fsp3) is 0.450. The molecule has 0 unspecified atom stereocenters. The van der Waals surface area contributed by atoms with Gasteiger partial charge in [-0.2, -0.15) is 5.10 Å². The molecule has 154 valence electrons. The van der Waals surface area contributed by atoms with Crippen LogP contribution in [0.1, 0.15) is 41.5 Å². The molecular formula is C20H23N3O5S. The van der Waals surface area contributed by atoms with Crippen molar-refractivity contribution in [2.75, 3.05) is 11.5 Å². The lowest BCUT2D eigenvalue weighted by Gasteiger charge is -2.16. The molecule has 1 aromatic heterocycles. The predicted molar refractivity (Wildman–Crippen MR) is 106 cm³/mol. The van der Waals surface area contributed by atoms with E-state index in [2.05, 4.69) is 10.4 Å². The second kappa shape index (κ2) is 7.62. The molecule has 2 heterocycles. The molecule has 1 amide bonds. The minimum atomic E-state index is -3.10. The average molecular weight is 417 g/mol. The van der Waals surface area contributed by atoms with E-state index < -0.39 is 33.9 Å². The maximum absolute atomic E-state index is 12.7. The average Bonchev–Trinajstić information content (AvgIpc) is 3.37. The fourth-order valence-electron chi connectivity index (χ4n) is 3.88. The molecule has 2 aromatic rings. The second-order valence-corrected chi connectivity index (χ2v) is 9.76. The van der Waals surface area contributed by atoms with Gasteiger partial charge in [0.25, 0.3) is 5.91 Å². The van der Waals surface area contributed by atoms with E-state index in [0.717, 1.165) is 36.2 Å². The predicted octanol–water partition coefficient (Wildman–Crippen LogP) is 1.21. The number of rotatable bonds is 5. The van der Waals surface area contributed by atoms with Crippen molar-refractivity contribution in [1.82, 2.24) is 15.1 Å². The van der Waals surface area contributed by atoms with Gasteiger partial charge in [-0.3, -0.25) is 4.79 Å². The van der Waals surface area contributed by atoms with E-state index in [4.69, 9.17) is 4.74 Å². The van der Waals surface area contributed by atoms with Crippen molar-refractivity contribution in [3.05, 3.63) is 47.3 Å². The molecule has 1 aliphatic carbocycles. The number of esters is 1. The van der Waals surface area contributed by atoms with Gasteiger partial charge in [-0.05, 0) is 44.7 Å². The molecule has 1 N–H and O–H groups in total. The van der Waals surface area contributed by atoms with Gasteiger partial charge < -0.3 is 10.1 Å². The third-order valence-corrected chi connectivity index (χ3v) is 7.12. The summed E-state index contributed by atoms with van der Waals surface area (Å²) in [7, 11) is -3.10.